The van der Waals surface area contributed by atoms with Gasteiger partial charge in [0.1, 0.15) is 17.7 Å². The Morgan fingerprint density at radius 2 is 0.831 bits per heavy atom. The fourth-order valence-corrected chi connectivity index (χ4v) is 23.2. The van der Waals surface area contributed by atoms with E-state index in [-0.39, 0.29) is 79.7 Å². The molecule has 26 heteroatoms. The van der Waals surface area contributed by atoms with E-state index < -0.39 is 11.7 Å². The lowest BCUT2D eigenvalue weighted by Crippen LogP contribution is -2.51. The highest BCUT2D eigenvalue weighted by Gasteiger charge is 2.48. The molecular formula is C104H148Cl6F3N5O12. The van der Waals surface area contributed by atoms with Crippen LogP contribution in [0, 0.1) is 5.92 Å². The number of fused-ring (bicyclic) bond motifs is 2. The summed E-state index contributed by atoms with van der Waals surface area (Å²) in [6.07, 6.45) is 37.1. The van der Waals surface area contributed by atoms with E-state index in [0.29, 0.717) is 115 Å². The van der Waals surface area contributed by atoms with Crippen molar-refractivity contribution in [1.82, 2.24) is 24.5 Å². The smallest absolute Gasteiger partial charge is 0.416 e. The number of hydrogen-bond donors (Lipinski definition) is 0. The van der Waals surface area contributed by atoms with Gasteiger partial charge in [-0.05, 0) is 177 Å². The summed E-state index contributed by atoms with van der Waals surface area (Å²) in [5.41, 5.74) is 3.47. The van der Waals surface area contributed by atoms with Gasteiger partial charge in [-0.3, -0.25) is 38.9 Å². The number of halogens is 9. The minimum Gasteiger partial charge on any atom is -0.461 e. The maximum Gasteiger partial charge on any atom is 0.416 e. The Hall–Kier alpha value is -4.34. The minimum atomic E-state index is -4.31. The summed E-state index contributed by atoms with van der Waals surface area (Å²) in [4.78, 5) is 46.6. The lowest BCUT2D eigenvalue weighted by atomic mass is 9.86. The first-order valence-corrected chi connectivity index (χ1v) is 49.7. The number of likely N-dealkylation sites (tertiary alicyclic amines) is 4. The molecule has 0 radical (unpaired) electrons. The summed E-state index contributed by atoms with van der Waals surface area (Å²) < 4.78 is 93.4. The largest absolute Gasteiger partial charge is 0.461 e. The average Bonchev–Trinajstić information content (AvgIpc) is 1.70. The lowest BCUT2D eigenvalue weighted by molar-refractivity contribution is -0.150. The Balaban J connectivity index is 0.000000168. The van der Waals surface area contributed by atoms with Gasteiger partial charge in [-0.15, -0.1) is 49.6 Å². The standard InChI is InChI=1S/2C24H31NO3.C19H26F3NO2.C19H33NO2.C18H23Cl2NO2.4ClH/c1-2-9-21-19(6-1)7-5-8-20(21)12-15-26-23-11-4-3-10-22(23)25-14-13-24(18-25)27-16-17-28-24;1-18(26)28-21-13-15-25(17-21)23-11-4-5-12-24(23)27-16-14-20-9-6-8-19-7-2-3-10-22(19)20;20-19(21,22)16-6-2-1-5-15(16)9-12-25-18-8-4-3-7-17(18)23-10-13-24-14-11-23;21-17-12-13-20(15-17)18-10-4-5-11-19(18)22-14-6-9-16-7-2-1-3-8-16;19-15-4-3-5-16(20)14(15)9-11-23-18-7-2-1-6-17(18)21-10-8-13(22)12-21;;;;/h1-2,5-9,22-23H,3-4,10-18H2;2-3,6-10,21,23-24H,4-5,11-17H2,1H3;1-2,5-6,17-18H,3-4,7-14H2;16,18-19H,1-15H2;3-5,17-18H,1-2,6-12H2;4*1H/t;21?,23-,24?;17-,18?;18-,19?;;;;;/m.111...../s1. The quantitative estimate of drug-likeness (QED) is 0.0355. The third-order valence-electron chi connectivity index (χ3n) is 29.1. The van der Waals surface area contributed by atoms with E-state index in [1.54, 1.807) is 12.1 Å². The normalized spacial score (nSPS) is 26.5. The Morgan fingerprint density at radius 1 is 0.423 bits per heavy atom. The predicted molar refractivity (Wildman–Crippen MR) is 523 cm³/mol. The number of hydrogen-bond acceptors (Lipinski definition) is 17. The SMILES string of the molecule is CC(=O)OC1CCN([C@@H]2CCCCC2OCCc2cccc3ccccc23)C1.Cl.Cl.Cl.Cl.FC(F)(F)c1ccccc1CCOC1CCCC[C@H]1N1CCOCC1.O=C1CCN(C2CCCCC2OCCc2c(Cl)cccc2Cl)C1.O=C1CCN([C@@H]2CCCCC2OCCCC2CCCCC2)C1.c1ccc2c(CCOC3CCCCC3N3CCC4(C3)OCCO4)cccc2c1. The number of nitrogens with zero attached hydrogens (tertiary/aromatic N) is 5. The van der Waals surface area contributed by atoms with Gasteiger partial charge in [0, 0.05) is 119 Å². The fourth-order valence-electron chi connectivity index (χ4n) is 22.6. The number of esters is 1. The zero-order valence-corrected chi connectivity index (χ0v) is 81.7. The van der Waals surface area contributed by atoms with Crippen LogP contribution in [0.15, 0.2) is 127 Å². The van der Waals surface area contributed by atoms with Gasteiger partial charge in [0.05, 0.1) is 109 Å². The molecule has 0 aromatic heterocycles. The number of carbonyl (C=O) groups is 3. The summed E-state index contributed by atoms with van der Waals surface area (Å²) in [5, 5.41) is 6.69. The van der Waals surface area contributed by atoms with Gasteiger partial charge < -0.3 is 42.6 Å². The summed E-state index contributed by atoms with van der Waals surface area (Å²) in [7, 11) is 0. The second-order valence-electron chi connectivity index (χ2n) is 37.6. The van der Waals surface area contributed by atoms with Crippen molar-refractivity contribution in [3.8, 4) is 0 Å². The van der Waals surface area contributed by atoms with Gasteiger partial charge in [0.25, 0.3) is 0 Å². The molecule has 8 unspecified atom stereocenters. The van der Waals surface area contributed by atoms with Crippen molar-refractivity contribution in [1.29, 1.82) is 0 Å². The number of Topliss-reactive ketones (excluding diaryl/α,β-unsaturated/α-hetero) is 2. The van der Waals surface area contributed by atoms with Crippen LogP contribution in [-0.2, 0) is 88.9 Å². The first-order valence-electron chi connectivity index (χ1n) is 48.9. The van der Waals surface area contributed by atoms with Crippen LogP contribution in [0.1, 0.15) is 234 Å². The summed E-state index contributed by atoms with van der Waals surface area (Å²) in [5.74, 6) is 1.25. The Kier molecular flexibility index (Phi) is 46.3. The number of morpholine rings is 1. The molecule has 12 aliphatic rings. The molecule has 724 valence electrons. The molecule has 12 fully saturated rings. The molecular weight excluding hydrogens is 1780 g/mol. The van der Waals surface area contributed by atoms with E-state index in [9.17, 15) is 27.6 Å². The third-order valence-corrected chi connectivity index (χ3v) is 29.9. The van der Waals surface area contributed by atoms with E-state index in [1.165, 1.54) is 180 Å². The van der Waals surface area contributed by atoms with Crippen LogP contribution in [0.25, 0.3) is 21.5 Å². The van der Waals surface area contributed by atoms with Crippen molar-refractivity contribution in [3.63, 3.8) is 0 Å². The monoisotopic (exact) mass is 1930 g/mol. The van der Waals surface area contributed by atoms with Crippen LogP contribution in [0.5, 0.6) is 0 Å². The van der Waals surface area contributed by atoms with Crippen molar-refractivity contribution in [2.24, 2.45) is 5.92 Å². The molecule has 6 heterocycles. The van der Waals surface area contributed by atoms with Crippen LogP contribution in [-0.4, -0.2) is 240 Å². The third kappa shape index (κ3) is 31.9. The zero-order valence-electron chi connectivity index (χ0n) is 76.9. The van der Waals surface area contributed by atoms with E-state index in [0.717, 1.165) is 193 Å². The molecule has 0 bridgehead atoms. The van der Waals surface area contributed by atoms with Crippen LogP contribution >= 0.6 is 72.8 Å². The Bertz CT molecular complexity index is 4290. The molecule has 18 rings (SSSR count). The highest BCUT2D eigenvalue weighted by Crippen LogP contribution is 2.40. The van der Waals surface area contributed by atoms with Crippen molar-refractivity contribution >= 4 is 112 Å². The van der Waals surface area contributed by atoms with Crippen LogP contribution in [0.4, 0.5) is 13.2 Å². The second-order valence-corrected chi connectivity index (χ2v) is 38.4. The fraction of sp³-hybridized carbons (Fsp3) is 0.663. The first-order chi connectivity index (χ1) is 61.6. The van der Waals surface area contributed by atoms with E-state index in [1.807, 2.05) is 18.2 Å². The highest BCUT2D eigenvalue weighted by molar-refractivity contribution is 6.36. The molecule has 6 aromatic rings. The zero-order chi connectivity index (χ0) is 87.3. The van der Waals surface area contributed by atoms with Crippen molar-refractivity contribution < 1.29 is 70.2 Å². The topological polar surface area (TPSA) is 150 Å². The molecule has 6 saturated heterocycles. The molecule has 0 amide bonds. The molecule has 6 aromatic carbocycles. The van der Waals surface area contributed by atoms with Gasteiger partial charge in [0.2, 0.25) is 0 Å². The van der Waals surface area contributed by atoms with Gasteiger partial charge in [-0.2, -0.15) is 13.2 Å². The van der Waals surface area contributed by atoms with Gasteiger partial charge in [-0.1, -0.05) is 229 Å². The molecule has 6 saturated carbocycles. The van der Waals surface area contributed by atoms with E-state index >= 15 is 0 Å². The van der Waals surface area contributed by atoms with Gasteiger partial charge in [0.15, 0.2) is 5.79 Å². The number of benzene rings is 6. The summed E-state index contributed by atoms with van der Waals surface area (Å²) in [6, 6.07) is 43.9. The summed E-state index contributed by atoms with van der Waals surface area (Å²) >= 11 is 12.4. The maximum atomic E-state index is 13.1. The van der Waals surface area contributed by atoms with Crippen molar-refractivity contribution in [2.45, 2.75) is 310 Å². The molecule has 6 aliphatic carbocycles. The minimum absolute atomic E-state index is 0. The maximum absolute atomic E-state index is 13.1. The average molecular weight is 1930 g/mol. The second kappa shape index (κ2) is 55.9. The van der Waals surface area contributed by atoms with Crippen molar-refractivity contribution in [2.75, 3.05) is 125 Å². The summed E-state index contributed by atoms with van der Waals surface area (Å²) in [6.45, 7) is 16.7. The van der Waals surface area contributed by atoms with Gasteiger partial charge in [-0.25, -0.2) is 0 Å². The predicted octanol–water partition coefficient (Wildman–Crippen LogP) is 22.2. The number of rotatable bonds is 27. The molecule has 17 nitrogen and oxygen atoms in total. The van der Waals surface area contributed by atoms with Crippen LogP contribution in [0.3, 0.4) is 0 Å². The van der Waals surface area contributed by atoms with Crippen molar-refractivity contribution in [3.05, 3.63) is 165 Å². The number of carbonyl (C=O) groups excluding carboxylic acids is 3. The van der Waals surface area contributed by atoms with Crippen LogP contribution < -0.4 is 0 Å². The van der Waals surface area contributed by atoms with Crippen LogP contribution in [0.2, 0.25) is 10.0 Å². The van der Waals surface area contributed by atoms with E-state index in [2.05, 4.69) is 109 Å². The molecule has 0 N–H and O–H groups in total. The number of ketones is 2. The molecule has 6 aliphatic heterocycles. The Morgan fingerprint density at radius 3 is 1.32 bits per heavy atom. The first kappa shape index (κ1) is 108. The molecule has 1 spiro atoms. The Labute approximate surface area is 807 Å². The number of alkyl halides is 3. The van der Waals surface area contributed by atoms with E-state index in [4.69, 9.17) is 65.8 Å². The molecule has 130 heavy (non-hydrogen) atoms. The number of ether oxygens (including phenoxy) is 9. The highest BCUT2D eigenvalue weighted by atomic mass is 35.5. The molecule has 11 atom stereocenters. The van der Waals surface area contributed by atoms with Gasteiger partial charge >= 0.3 is 12.1 Å². The lowest BCUT2D eigenvalue weighted by Gasteiger charge is -2.41.